The standard InChI is InChI=1S/C24H39NO3S/c1-23-8-5-14(29-15-7-10-25-12-15)11-19(23)16(13-26)22(28)21-17-3-4-20(27)24(17,2)9-6-18(21)23/h14-19,21-22,25-26,28H,3-13H2,1-2H3/t14-,15+,16-,17+,18+,19?,21+,22-,23-,24+/m1/s1. The maximum Gasteiger partial charge on any atom is 0.139 e. The molecule has 164 valence electrons. The summed E-state index contributed by atoms with van der Waals surface area (Å²) in [5.74, 6) is 1.82. The summed E-state index contributed by atoms with van der Waals surface area (Å²) >= 11 is 2.17. The van der Waals surface area contributed by atoms with Crippen LogP contribution in [0, 0.1) is 40.4 Å². The molecule has 29 heavy (non-hydrogen) atoms. The number of carbonyl (C=O) groups is 1. The Kier molecular flexibility index (Phi) is 5.37. The van der Waals surface area contributed by atoms with Gasteiger partial charge in [-0.05, 0) is 80.6 Å². The van der Waals surface area contributed by atoms with Crippen molar-refractivity contribution in [1.29, 1.82) is 0 Å². The van der Waals surface area contributed by atoms with Gasteiger partial charge in [-0.3, -0.25) is 4.79 Å². The monoisotopic (exact) mass is 421 g/mol. The van der Waals surface area contributed by atoms with Crippen LogP contribution in [-0.4, -0.2) is 52.3 Å². The number of fused-ring (bicyclic) bond motifs is 5. The van der Waals surface area contributed by atoms with Gasteiger partial charge < -0.3 is 15.5 Å². The average molecular weight is 422 g/mol. The Morgan fingerprint density at radius 1 is 1.07 bits per heavy atom. The van der Waals surface area contributed by atoms with Gasteiger partial charge in [-0.25, -0.2) is 0 Å². The van der Waals surface area contributed by atoms with Gasteiger partial charge >= 0.3 is 0 Å². The molecule has 4 nitrogen and oxygen atoms in total. The van der Waals surface area contributed by atoms with Gasteiger partial charge in [-0.15, -0.1) is 0 Å². The van der Waals surface area contributed by atoms with E-state index in [9.17, 15) is 15.0 Å². The number of carbonyl (C=O) groups excluding carboxylic acids is 1. The van der Waals surface area contributed by atoms with Crippen LogP contribution < -0.4 is 5.32 Å². The lowest BCUT2D eigenvalue weighted by Gasteiger charge is -2.64. The van der Waals surface area contributed by atoms with Crippen LogP contribution in [0.3, 0.4) is 0 Å². The van der Waals surface area contributed by atoms with Gasteiger partial charge in [-0.1, -0.05) is 13.8 Å². The molecule has 0 spiro atoms. The Morgan fingerprint density at radius 3 is 2.62 bits per heavy atom. The summed E-state index contributed by atoms with van der Waals surface area (Å²) in [6.07, 6.45) is 8.17. The fourth-order valence-electron chi connectivity index (χ4n) is 8.56. The van der Waals surface area contributed by atoms with Gasteiger partial charge in [0.1, 0.15) is 5.78 Å². The highest BCUT2D eigenvalue weighted by atomic mass is 32.2. The Bertz CT molecular complexity index is 652. The predicted molar refractivity (Wildman–Crippen MR) is 117 cm³/mol. The first-order chi connectivity index (χ1) is 13.9. The first-order valence-electron chi connectivity index (χ1n) is 12.1. The third kappa shape index (κ3) is 3.08. The topological polar surface area (TPSA) is 69.6 Å². The van der Waals surface area contributed by atoms with Gasteiger partial charge in [0.05, 0.1) is 6.10 Å². The van der Waals surface area contributed by atoms with Crippen LogP contribution >= 0.6 is 11.8 Å². The summed E-state index contributed by atoms with van der Waals surface area (Å²) in [5, 5.41) is 26.8. The number of hydrogen-bond acceptors (Lipinski definition) is 5. The highest BCUT2D eigenvalue weighted by Gasteiger charge is 2.64. The lowest BCUT2D eigenvalue weighted by molar-refractivity contribution is -0.195. The molecule has 0 aromatic rings. The molecule has 1 heterocycles. The van der Waals surface area contributed by atoms with Crippen molar-refractivity contribution >= 4 is 17.5 Å². The van der Waals surface area contributed by atoms with Crippen LogP contribution in [0.25, 0.3) is 0 Å². The quantitative estimate of drug-likeness (QED) is 0.653. The van der Waals surface area contributed by atoms with Crippen LogP contribution in [0.1, 0.15) is 65.2 Å². The summed E-state index contributed by atoms with van der Waals surface area (Å²) < 4.78 is 0. The average Bonchev–Trinajstić information content (AvgIpc) is 3.31. The van der Waals surface area contributed by atoms with Crippen molar-refractivity contribution in [3.63, 3.8) is 0 Å². The maximum absolute atomic E-state index is 12.7. The molecule has 5 heteroatoms. The van der Waals surface area contributed by atoms with E-state index in [0.29, 0.717) is 35.2 Å². The summed E-state index contributed by atoms with van der Waals surface area (Å²) in [5.41, 5.74) is -0.0247. The first-order valence-corrected chi connectivity index (χ1v) is 13.0. The normalized spacial score (nSPS) is 54.7. The molecule has 4 aliphatic carbocycles. The highest BCUT2D eigenvalue weighted by molar-refractivity contribution is 8.00. The summed E-state index contributed by atoms with van der Waals surface area (Å²) in [7, 11) is 0. The molecule has 4 saturated carbocycles. The summed E-state index contributed by atoms with van der Waals surface area (Å²) in [6, 6.07) is 0. The van der Waals surface area contributed by atoms with Crippen molar-refractivity contribution in [2.24, 2.45) is 40.4 Å². The fraction of sp³-hybridized carbons (Fsp3) is 0.958. The van der Waals surface area contributed by atoms with Gasteiger partial charge in [0, 0.05) is 41.4 Å². The molecule has 5 aliphatic rings. The number of aliphatic hydroxyl groups is 2. The van der Waals surface area contributed by atoms with Crippen LogP contribution in [0.15, 0.2) is 0 Å². The zero-order valence-electron chi connectivity index (χ0n) is 18.1. The van der Waals surface area contributed by atoms with Crippen LogP contribution in [-0.2, 0) is 4.79 Å². The van der Waals surface area contributed by atoms with E-state index in [1.54, 1.807) is 0 Å². The molecule has 5 fully saturated rings. The van der Waals surface area contributed by atoms with E-state index in [1.807, 2.05) is 0 Å². The second kappa shape index (κ2) is 7.50. The summed E-state index contributed by atoms with van der Waals surface area (Å²) in [6.45, 7) is 7.01. The third-order valence-electron chi connectivity index (χ3n) is 10.2. The number of Topliss-reactive ketones (excluding diaryl/α,β-unsaturated/α-hetero) is 1. The molecule has 0 aromatic carbocycles. The number of thioether (sulfide) groups is 1. The number of hydrogen-bond donors (Lipinski definition) is 3. The minimum atomic E-state index is -0.449. The van der Waals surface area contributed by atoms with Crippen LogP contribution in [0.5, 0.6) is 0 Å². The molecular weight excluding hydrogens is 382 g/mol. The Labute approximate surface area is 180 Å². The molecule has 5 rings (SSSR count). The molecule has 0 bridgehead atoms. The van der Waals surface area contributed by atoms with E-state index in [1.165, 1.54) is 19.3 Å². The van der Waals surface area contributed by atoms with Gasteiger partial charge in [0.15, 0.2) is 0 Å². The third-order valence-corrected chi connectivity index (χ3v) is 11.8. The van der Waals surface area contributed by atoms with Crippen LogP contribution in [0.4, 0.5) is 0 Å². The van der Waals surface area contributed by atoms with Gasteiger partial charge in [-0.2, -0.15) is 11.8 Å². The van der Waals surface area contributed by atoms with E-state index in [2.05, 4.69) is 30.9 Å². The van der Waals surface area contributed by atoms with Gasteiger partial charge in [0.25, 0.3) is 0 Å². The minimum Gasteiger partial charge on any atom is -0.396 e. The van der Waals surface area contributed by atoms with Crippen LogP contribution in [0.2, 0.25) is 0 Å². The molecule has 0 amide bonds. The highest BCUT2D eigenvalue weighted by Crippen LogP contribution is 2.67. The largest absolute Gasteiger partial charge is 0.396 e. The van der Waals surface area contributed by atoms with E-state index in [-0.39, 0.29) is 29.3 Å². The smallest absolute Gasteiger partial charge is 0.139 e. The van der Waals surface area contributed by atoms with E-state index in [4.69, 9.17) is 0 Å². The van der Waals surface area contributed by atoms with E-state index in [0.717, 1.165) is 44.0 Å². The Balaban J connectivity index is 1.41. The van der Waals surface area contributed by atoms with Crippen molar-refractivity contribution in [2.75, 3.05) is 19.7 Å². The van der Waals surface area contributed by atoms with E-state index >= 15 is 0 Å². The molecule has 1 unspecified atom stereocenters. The Morgan fingerprint density at radius 2 is 1.90 bits per heavy atom. The molecule has 3 N–H and O–H groups in total. The minimum absolute atomic E-state index is 0.0237. The summed E-state index contributed by atoms with van der Waals surface area (Å²) in [4.78, 5) is 12.7. The predicted octanol–water partition coefficient (Wildman–Crippen LogP) is 3.25. The number of aliphatic hydroxyl groups excluding tert-OH is 2. The van der Waals surface area contributed by atoms with Crippen molar-refractivity contribution in [2.45, 2.75) is 81.8 Å². The second-order valence-electron chi connectivity index (χ2n) is 11.3. The Hall–Kier alpha value is -0.100. The number of rotatable bonds is 3. The number of nitrogens with one attached hydrogen (secondary N) is 1. The molecule has 0 radical (unpaired) electrons. The molecule has 10 atom stereocenters. The second-order valence-corrected chi connectivity index (χ2v) is 12.9. The van der Waals surface area contributed by atoms with Crippen molar-refractivity contribution < 1.29 is 15.0 Å². The fourth-order valence-corrected chi connectivity index (χ4v) is 10.1. The van der Waals surface area contributed by atoms with Crippen molar-refractivity contribution in [3.8, 4) is 0 Å². The first kappa shape index (κ1) is 20.8. The molecule has 1 aliphatic heterocycles. The number of ketones is 1. The molecule has 1 saturated heterocycles. The maximum atomic E-state index is 12.7. The lowest BCUT2D eigenvalue weighted by atomic mass is 9.42. The zero-order valence-corrected chi connectivity index (χ0v) is 18.9. The van der Waals surface area contributed by atoms with Crippen molar-refractivity contribution in [3.05, 3.63) is 0 Å². The van der Waals surface area contributed by atoms with Gasteiger partial charge in [0.2, 0.25) is 0 Å². The molecule has 0 aromatic heterocycles. The van der Waals surface area contributed by atoms with E-state index < -0.39 is 6.10 Å². The molecular formula is C24H39NO3S. The van der Waals surface area contributed by atoms with Crippen molar-refractivity contribution in [1.82, 2.24) is 5.32 Å². The lowest BCUT2D eigenvalue weighted by Crippen LogP contribution is -2.62. The zero-order chi connectivity index (χ0) is 20.4. The SMILES string of the molecule is C[C@]12CC[C@@H](S[C@H]3CCNC3)CC1[C@@H](CO)[C@@H](O)[C@@H]1[C@@H]2CC[C@]2(C)C(=O)CC[C@@H]12.